The first-order valence-corrected chi connectivity index (χ1v) is 5.63. The molecule has 0 saturated carbocycles. The third-order valence-corrected chi connectivity index (χ3v) is 2.34. The molecule has 0 aliphatic heterocycles. The standard InChI is InChI=1S/C13H9F3O5/c14-13(15,16)21-10-3-1-9(2-4-10)20-7-11-5-8(6-19-11)12(17)18/h1-6H,7H2,(H,17,18). The van der Waals surface area contributed by atoms with Crippen molar-refractivity contribution < 1.29 is 37.0 Å². The predicted octanol–water partition coefficient (Wildman–Crippen LogP) is 3.46. The van der Waals surface area contributed by atoms with Crippen molar-refractivity contribution in [2.45, 2.75) is 13.0 Å². The van der Waals surface area contributed by atoms with Gasteiger partial charge in [-0.3, -0.25) is 0 Å². The van der Waals surface area contributed by atoms with E-state index in [4.69, 9.17) is 14.3 Å². The molecule has 1 aromatic carbocycles. The van der Waals surface area contributed by atoms with Gasteiger partial charge in [-0.15, -0.1) is 13.2 Å². The Morgan fingerprint density at radius 3 is 2.33 bits per heavy atom. The van der Waals surface area contributed by atoms with Crippen molar-refractivity contribution in [3.05, 3.63) is 47.9 Å². The largest absolute Gasteiger partial charge is 0.573 e. The van der Waals surface area contributed by atoms with Crippen molar-refractivity contribution >= 4 is 5.97 Å². The molecule has 0 aliphatic rings. The van der Waals surface area contributed by atoms with E-state index in [0.29, 0.717) is 0 Å². The van der Waals surface area contributed by atoms with Gasteiger partial charge < -0.3 is 19.0 Å². The van der Waals surface area contributed by atoms with Crippen LogP contribution in [0.2, 0.25) is 0 Å². The van der Waals surface area contributed by atoms with E-state index < -0.39 is 12.3 Å². The number of halogens is 3. The molecule has 0 unspecified atom stereocenters. The maximum atomic E-state index is 12.0. The Hall–Kier alpha value is -2.64. The van der Waals surface area contributed by atoms with Crippen molar-refractivity contribution in [3.63, 3.8) is 0 Å². The maximum absolute atomic E-state index is 12.0. The van der Waals surface area contributed by atoms with Gasteiger partial charge in [0.05, 0.1) is 5.56 Å². The zero-order valence-electron chi connectivity index (χ0n) is 10.4. The van der Waals surface area contributed by atoms with Crippen LogP contribution in [0.3, 0.4) is 0 Å². The van der Waals surface area contributed by atoms with Crippen LogP contribution < -0.4 is 9.47 Å². The summed E-state index contributed by atoms with van der Waals surface area (Å²) in [6.45, 7) is -0.0489. The Kier molecular flexibility index (Phi) is 4.06. The number of carboxylic acid groups (broad SMARTS) is 1. The van der Waals surface area contributed by atoms with Gasteiger partial charge in [0.2, 0.25) is 0 Å². The lowest BCUT2D eigenvalue weighted by molar-refractivity contribution is -0.274. The first-order chi connectivity index (χ1) is 9.83. The molecule has 2 rings (SSSR count). The lowest BCUT2D eigenvalue weighted by Gasteiger charge is -2.09. The van der Waals surface area contributed by atoms with Crippen molar-refractivity contribution in [2.24, 2.45) is 0 Å². The van der Waals surface area contributed by atoms with Crippen molar-refractivity contribution in [3.8, 4) is 11.5 Å². The molecule has 0 saturated heterocycles. The van der Waals surface area contributed by atoms with E-state index in [9.17, 15) is 18.0 Å². The van der Waals surface area contributed by atoms with E-state index in [2.05, 4.69) is 4.74 Å². The highest BCUT2D eigenvalue weighted by Gasteiger charge is 2.30. The molecular weight excluding hydrogens is 293 g/mol. The highest BCUT2D eigenvalue weighted by atomic mass is 19.4. The minimum Gasteiger partial charge on any atom is -0.486 e. The molecule has 21 heavy (non-hydrogen) atoms. The monoisotopic (exact) mass is 302 g/mol. The molecule has 0 spiro atoms. The second kappa shape index (κ2) is 5.78. The molecular formula is C13H9F3O5. The summed E-state index contributed by atoms with van der Waals surface area (Å²) in [7, 11) is 0. The van der Waals surface area contributed by atoms with Gasteiger partial charge in [0, 0.05) is 0 Å². The van der Waals surface area contributed by atoms with Gasteiger partial charge in [-0.25, -0.2) is 4.79 Å². The molecule has 0 radical (unpaired) electrons. The van der Waals surface area contributed by atoms with Gasteiger partial charge in [-0.05, 0) is 30.3 Å². The number of hydrogen-bond acceptors (Lipinski definition) is 4. The van der Waals surface area contributed by atoms with Crippen LogP contribution in [0.1, 0.15) is 16.1 Å². The summed E-state index contributed by atoms with van der Waals surface area (Å²) in [6.07, 6.45) is -3.68. The number of furan rings is 1. The van der Waals surface area contributed by atoms with Gasteiger partial charge in [0.1, 0.15) is 30.1 Å². The molecule has 0 fully saturated rings. The zero-order chi connectivity index (χ0) is 15.5. The summed E-state index contributed by atoms with van der Waals surface area (Å²) in [5.74, 6) is -0.916. The van der Waals surface area contributed by atoms with Crippen LogP contribution in [-0.4, -0.2) is 17.4 Å². The summed E-state index contributed by atoms with van der Waals surface area (Å²) in [6, 6.07) is 6.09. The van der Waals surface area contributed by atoms with E-state index in [1.807, 2.05) is 0 Å². The number of benzene rings is 1. The minimum absolute atomic E-state index is 0.0116. The normalized spacial score (nSPS) is 11.2. The van der Waals surface area contributed by atoms with Crippen molar-refractivity contribution in [2.75, 3.05) is 0 Å². The second-order valence-electron chi connectivity index (χ2n) is 3.91. The van der Waals surface area contributed by atoms with Crippen LogP contribution in [-0.2, 0) is 6.61 Å². The molecule has 112 valence electrons. The topological polar surface area (TPSA) is 68.9 Å². The van der Waals surface area contributed by atoms with Crippen molar-refractivity contribution in [1.29, 1.82) is 0 Å². The first-order valence-electron chi connectivity index (χ1n) is 5.63. The maximum Gasteiger partial charge on any atom is 0.573 e. The number of carboxylic acids is 1. The Labute approximate surface area is 116 Å². The second-order valence-corrected chi connectivity index (χ2v) is 3.91. The number of rotatable bonds is 5. The average Bonchev–Trinajstić information content (AvgIpc) is 2.85. The Morgan fingerprint density at radius 1 is 1.19 bits per heavy atom. The summed E-state index contributed by atoms with van der Waals surface area (Å²) >= 11 is 0. The number of hydrogen-bond donors (Lipinski definition) is 1. The Balaban J connectivity index is 1.92. The fraction of sp³-hybridized carbons (Fsp3) is 0.154. The smallest absolute Gasteiger partial charge is 0.486 e. The van der Waals surface area contributed by atoms with E-state index >= 15 is 0 Å². The summed E-state index contributed by atoms with van der Waals surface area (Å²) in [5, 5.41) is 8.70. The van der Waals surface area contributed by atoms with E-state index in [-0.39, 0.29) is 29.4 Å². The van der Waals surface area contributed by atoms with E-state index in [1.54, 1.807) is 0 Å². The molecule has 0 bridgehead atoms. The van der Waals surface area contributed by atoms with Gasteiger partial charge in [-0.2, -0.15) is 0 Å². The van der Waals surface area contributed by atoms with Crippen LogP contribution in [0, 0.1) is 0 Å². The molecule has 2 aromatic rings. The Bertz CT molecular complexity index is 615. The lowest BCUT2D eigenvalue weighted by atomic mass is 10.3. The van der Waals surface area contributed by atoms with Crippen LogP contribution in [0.5, 0.6) is 11.5 Å². The number of aromatic carboxylic acids is 1. The quantitative estimate of drug-likeness (QED) is 0.916. The third-order valence-electron chi connectivity index (χ3n) is 2.34. The SMILES string of the molecule is O=C(O)c1coc(COc2ccc(OC(F)(F)F)cc2)c1. The molecule has 1 aromatic heterocycles. The van der Waals surface area contributed by atoms with Gasteiger partial charge >= 0.3 is 12.3 Å². The summed E-state index contributed by atoms with van der Waals surface area (Å²) in [4.78, 5) is 10.6. The van der Waals surface area contributed by atoms with Gasteiger partial charge in [0.25, 0.3) is 0 Å². The van der Waals surface area contributed by atoms with Crippen molar-refractivity contribution in [1.82, 2.24) is 0 Å². The zero-order valence-corrected chi connectivity index (χ0v) is 10.4. The fourth-order valence-corrected chi connectivity index (χ4v) is 1.46. The number of alkyl halides is 3. The number of carbonyl (C=O) groups is 1. The summed E-state index contributed by atoms with van der Waals surface area (Å²) in [5.41, 5.74) is -0.0116. The van der Waals surface area contributed by atoms with E-state index in [0.717, 1.165) is 18.4 Å². The predicted molar refractivity (Wildman–Crippen MR) is 63.1 cm³/mol. The molecule has 0 aliphatic carbocycles. The highest BCUT2D eigenvalue weighted by Crippen LogP contribution is 2.25. The Morgan fingerprint density at radius 2 is 1.81 bits per heavy atom. The molecule has 0 atom stereocenters. The third kappa shape index (κ3) is 4.44. The van der Waals surface area contributed by atoms with Gasteiger partial charge in [-0.1, -0.05) is 0 Å². The average molecular weight is 302 g/mol. The molecule has 0 amide bonds. The molecule has 1 N–H and O–H groups in total. The van der Waals surface area contributed by atoms with Crippen LogP contribution in [0.25, 0.3) is 0 Å². The van der Waals surface area contributed by atoms with Crippen LogP contribution in [0.15, 0.2) is 41.0 Å². The lowest BCUT2D eigenvalue weighted by Crippen LogP contribution is -2.16. The fourth-order valence-electron chi connectivity index (χ4n) is 1.46. The minimum atomic E-state index is -4.75. The highest BCUT2D eigenvalue weighted by molar-refractivity contribution is 5.87. The van der Waals surface area contributed by atoms with Gasteiger partial charge in [0.15, 0.2) is 0 Å². The van der Waals surface area contributed by atoms with Crippen LogP contribution in [0.4, 0.5) is 13.2 Å². The molecule has 8 heteroatoms. The van der Waals surface area contributed by atoms with E-state index in [1.165, 1.54) is 18.2 Å². The summed E-state index contributed by atoms with van der Waals surface area (Å²) < 4.78 is 49.8. The molecule has 1 heterocycles. The number of ether oxygens (including phenoxy) is 2. The van der Waals surface area contributed by atoms with Crippen LogP contribution >= 0.6 is 0 Å². The molecule has 5 nitrogen and oxygen atoms in total. The first kappa shape index (κ1) is 14.8.